The highest BCUT2D eigenvalue weighted by Gasteiger charge is 2.17. The van der Waals surface area contributed by atoms with E-state index in [0.717, 1.165) is 24.0 Å². The molecule has 0 amide bonds. The Hall–Kier alpha value is -0.610. The lowest BCUT2D eigenvalue weighted by atomic mass is 10.0. The van der Waals surface area contributed by atoms with Gasteiger partial charge in [-0.2, -0.15) is 0 Å². The van der Waals surface area contributed by atoms with Crippen molar-refractivity contribution in [1.82, 2.24) is 10.3 Å². The van der Waals surface area contributed by atoms with Crippen molar-refractivity contribution in [2.24, 2.45) is 5.92 Å². The van der Waals surface area contributed by atoms with Crippen LogP contribution in [-0.2, 0) is 13.0 Å². The van der Waals surface area contributed by atoms with Crippen LogP contribution in [0.1, 0.15) is 44.7 Å². The molecule has 0 saturated heterocycles. The highest BCUT2D eigenvalue weighted by molar-refractivity contribution is 7.15. The first-order valence-corrected chi connectivity index (χ1v) is 7.67. The molecule has 0 fully saturated rings. The van der Waals surface area contributed by atoms with Gasteiger partial charge >= 0.3 is 0 Å². The number of nitrogens with one attached hydrogen (secondary N) is 1. The summed E-state index contributed by atoms with van der Waals surface area (Å²) >= 11 is 1.82. The standard InChI is InChI=1S/C14H27N3S/c1-7-12-13(9-15-5)18-14(16-12)17(6)11(4)8-10(2)3/h10-11,15H,7-9H2,1-6H3. The lowest BCUT2D eigenvalue weighted by Crippen LogP contribution is -2.29. The molecule has 0 radical (unpaired) electrons. The Morgan fingerprint density at radius 2 is 2.00 bits per heavy atom. The minimum absolute atomic E-state index is 0.545. The predicted octanol–water partition coefficient (Wildman–Crippen LogP) is 3.30. The summed E-state index contributed by atoms with van der Waals surface area (Å²) in [6.07, 6.45) is 2.22. The van der Waals surface area contributed by atoms with Gasteiger partial charge in [0.25, 0.3) is 0 Å². The predicted molar refractivity (Wildman–Crippen MR) is 81.6 cm³/mol. The van der Waals surface area contributed by atoms with Crippen LogP contribution >= 0.6 is 11.3 Å². The molecule has 0 bridgehead atoms. The average molecular weight is 269 g/mol. The summed E-state index contributed by atoms with van der Waals surface area (Å²) in [5.41, 5.74) is 1.24. The Balaban J connectivity index is 2.82. The third-order valence-corrected chi connectivity index (χ3v) is 4.40. The van der Waals surface area contributed by atoms with Gasteiger partial charge in [0.15, 0.2) is 5.13 Å². The molecule has 1 unspecified atom stereocenters. The molecule has 3 nitrogen and oxygen atoms in total. The molecular formula is C14H27N3S. The third kappa shape index (κ3) is 3.95. The molecule has 1 aromatic rings. The van der Waals surface area contributed by atoms with Gasteiger partial charge in [0.2, 0.25) is 0 Å². The molecule has 1 rings (SSSR count). The molecule has 4 heteroatoms. The maximum atomic E-state index is 4.78. The van der Waals surface area contributed by atoms with Gasteiger partial charge in [0.1, 0.15) is 0 Å². The molecule has 0 aliphatic heterocycles. The van der Waals surface area contributed by atoms with E-state index < -0.39 is 0 Å². The number of hydrogen-bond acceptors (Lipinski definition) is 4. The van der Waals surface area contributed by atoms with Crippen LogP contribution in [0, 0.1) is 5.92 Å². The van der Waals surface area contributed by atoms with Gasteiger partial charge in [0, 0.05) is 24.5 Å². The zero-order valence-corrected chi connectivity index (χ0v) is 13.4. The van der Waals surface area contributed by atoms with E-state index in [-0.39, 0.29) is 0 Å². The summed E-state index contributed by atoms with van der Waals surface area (Å²) in [6.45, 7) is 9.93. The summed E-state index contributed by atoms with van der Waals surface area (Å²) < 4.78 is 0. The summed E-state index contributed by atoms with van der Waals surface area (Å²) in [5.74, 6) is 0.727. The molecule has 1 N–H and O–H groups in total. The van der Waals surface area contributed by atoms with Gasteiger partial charge in [-0.25, -0.2) is 4.98 Å². The van der Waals surface area contributed by atoms with E-state index in [4.69, 9.17) is 4.98 Å². The van der Waals surface area contributed by atoms with Crippen LogP contribution in [0.25, 0.3) is 0 Å². The SMILES string of the molecule is CCc1nc(N(C)C(C)CC(C)C)sc1CNC. The normalized spacial score (nSPS) is 13.1. The van der Waals surface area contributed by atoms with Crippen molar-refractivity contribution in [1.29, 1.82) is 0 Å². The van der Waals surface area contributed by atoms with Crippen LogP contribution in [0.2, 0.25) is 0 Å². The number of nitrogens with zero attached hydrogens (tertiary/aromatic N) is 2. The molecule has 0 saturated carbocycles. The van der Waals surface area contributed by atoms with Gasteiger partial charge in [-0.3, -0.25) is 0 Å². The molecule has 1 atom stereocenters. The fourth-order valence-corrected chi connectivity index (χ4v) is 3.35. The summed E-state index contributed by atoms with van der Waals surface area (Å²) in [7, 11) is 4.15. The zero-order chi connectivity index (χ0) is 13.7. The molecule has 1 aromatic heterocycles. The van der Waals surface area contributed by atoms with E-state index in [0.29, 0.717) is 6.04 Å². The minimum atomic E-state index is 0.545. The summed E-state index contributed by atoms with van der Waals surface area (Å²) in [4.78, 5) is 8.48. The third-order valence-electron chi connectivity index (χ3n) is 3.21. The van der Waals surface area contributed by atoms with Crippen molar-refractivity contribution in [2.75, 3.05) is 19.0 Å². The topological polar surface area (TPSA) is 28.2 Å². The van der Waals surface area contributed by atoms with Crippen LogP contribution in [0.15, 0.2) is 0 Å². The number of thiazole rings is 1. The molecule has 0 aromatic carbocycles. The van der Waals surface area contributed by atoms with Crippen molar-refractivity contribution in [2.45, 2.75) is 53.1 Å². The smallest absolute Gasteiger partial charge is 0.185 e. The quantitative estimate of drug-likeness (QED) is 0.823. The molecule has 0 aliphatic rings. The van der Waals surface area contributed by atoms with E-state index in [1.807, 2.05) is 18.4 Å². The second-order valence-electron chi connectivity index (χ2n) is 5.34. The van der Waals surface area contributed by atoms with Crippen molar-refractivity contribution in [3.63, 3.8) is 0 Å². The minimum Gasteiger partial charge on any atom is -0.348 e. The first kappa shape index (κ1) is 15.4. The zero-order valence-electron chi connectivity index (χ0n) is 12.6. The van der Waals surface area contributed by atoms with Gasteiger partial charge in [-0.1, -0.05) is 20.8 Å². The van der Waals surface area contributed by atoms with Gasteiger partial charge < -0.3 is 10.2 Å². The highest BCUT2D eigenvalue weighted by atomic mass is 32.1. The van der Waals surface area contributed by atoms with Crippen LogP contribution in [0.5, 0.6) is 0 Å². The summed E-state index contributed by atoms with van der Waals surface area (Å²) in [5, 5.41) is 4.38. The molecule has 0 aliphatic carbocycles. The van der Waals surface area contributed by atoms with Crippen molar-refractivity contribution >= 4 is 16.5 Å². The van der Waals surface area contributed by atoms with Gasteiger partial charge in [0.05, 0.1) is 5.69 Å². The average Bonchev–Trinajstić information content (AvgIpc) is 2.70. The number of aryl methyl sites for hydroxylation is 1. The second kappa shape index (κ2) is 7.10. The Bertz CT molecular complexity index is 360. The molecule has 0 spiro atoms. The number of hydrogen-bond donors (Lipinski definition) is 1. The van der Waals surface area contributed by atoms with Crippen LogP contribution in [0.3, 0.4) is 0 Å². The van der Waals surface area contributed by atoms with Crippen molar-refractivity contribution < 1.29 is 0 Å². The Morgan fingerprint density at radius 1 is 1.33 bits per heavy atom. The van der Waals surface area contributed by atoms with E-state index in [2.05, 4.69) is 45.0 Å². The maximum absolute atomic E-state index is 4.78. The fourth-order valence-electron chi connectivity index (χ4n) is 2.12. The van der Waals surface area contributed by atoms with E-state index >= 15 is 0 Å². The van der Waals surface area contributed by atoms with Crippen molar-refractivity contribution in [3.05, 3.63) is 10.6 Å². The molecule has 104 valence electrons. The first-order valence-electron chi connectivity index (χ1n) is 6.85. The molecule has 18 heavy (non-hydrogen) atoms. The monoisotopic (exact) mass is 269 g/mol. The van der Waals surface area contributed by atoms with E-state index in [9.17, 15) is 0 Å². The molecule has 1 heterocycles. The fraction of sp³-hybridized carbons (Fsp3) is 0.786. The lowest BCUT2D eigenvalue weighted by Gasteiger charge is -2.25. The first-order chi connectivity index (χ1) is 8.49. The van der Waals surface area contributed by atoms with Gasteiger partial charge in [-0.15, -0.1) is 11.3 Å². The Morgan fingerprint density at radius 3 is 2.50 bits per heavy atom. The maximum Gasteiger partial charge on any atom is 0.185 e. The largest absolute Gasteiger partial charge is 0.348 e. The van der Waals surface area contributed by atoms with Crippen LogP contribution < -0.4 is 10.2 Å². The van der Waals surface area contributed by atoms with Crippen molar-refractivity contribution in [3.8, 4) is 0 Å². The molecular weight excluding hydrogens is 242 g/mol. The number of rotatable bonds is 7. The second-order valence-corrected chi connectivity index (χ2v) is 6.40. The lowest BCUT2D eigenvalue weighted by molar-refractivity contribution is 0.503. The highest BCUT2D eigenvalue weighted by Crippen LogP contribution is 2.28. The van der Waals surface area contributed by atoms with Gasteiger partial charge in [-0.05, 0) is 32.7 Å². The van der Waals surface area contributed by atoms with Crippen LogP contribution in [0.4, 0.5) is 5.13 Å². The number of anilines is 1. The number of aromatic nitrogens is 1. The Labute approximate surface area is 116 Å². The Kier molecular flexibility index (Phi) is 6.09. The summed E-state index contributed by atoms with van der Waals surface area (Å²) in [6, 6.07) is 0.545. The van der Waals surface area contributed by atoms with E-state index in [1.54, 1.807) is 0 Å². The van der Waals surface area contributed by atoms with Crippen LogP contribution in [-0.4, -0.2) is 25.1 Å². The van der Waals surface area contributed by atoms with E-state index in [1.165, 1.54) is 17.0 Å².